The van der Waals surface area contributed by atoms with Crippen LogP contribution < -0.4 is 11.1 Å². The predicted molar refractivity (Wildman–Crippen MR) is 110 cm³/mol. The van der Waals surface area contributed by atoms with E-state index in [4.69, 9.17) is 17.3 Å². The Morgan fingerprint density at radius 3 is 2.75 bits per heavy atom. The zero-order chi connectivity index (χ0) is 19.5. The minimum atomic E-state index is -0.219. The summed E-state index contributed by atoms with van der Waals surface area (Å²) in [5, 5.41) is 4.13. The van der Waals surface area contributed by atoms with Crippen molar-refractivity contribution in [2.24, 2.45) is 0 Å². The minimum absolute atomic E-state index is 0.219. The molecule has 4 rings (SSSR count). The van der Waals surface area contributed by atoms with Gasteiger partial charge in [0.05, 0.1) is 10.9 Å². The number of nitrogens with two attached hydrogens (primary N) is 1. The molecule has 2 aromatic carbocycles. The van der Waals surface area contributed by atoms with Gasteiger partial charge in [-0.25, -0.2) is 9.97 Å². The number of benzene rings is 2. The van der Waals surface area contributed by atoms with Crippen molar-refractivity contribution in [1.29, 1.82) is 0 Å². The molecule has 136 valence electrons. The van der Waals surface area contributed by atoms with Gasteiger partial charge in [-0.15, -0.1) is 0 Å². The van der Waals surface area contributed by atoms with Crippen molar-refractivity contribution in [3.63, 3.8) is 0 Å². The zero-order valence-electron chi connectivity index (χ0n) is 14.5. The van der Waals surface area contributed by atoms with Crippen LogP contribution >= 0.6 is 11.6 Å². The van der Waals surface area contributed by atoms with Crippen LogP contribution in [-0.2, 0) is 0 Å². The van der Waals surface area contributed by atoms with E-state index in [9.17, 15) is 4.79 Å². The maximum Gasteiger partial charge on any atom is 0.255 e. The first-order chi connectivity index (χ1) is 13.6. The first-order valence-electron chi connectivity index (χ1n) is 8.37. The van der Waals surface area contributed by atoms with Gasteiger partial charge in [0.1, 0.15) is 17.8 Å². The molecule has 0 aliphatic heterocycles. The molecular weight excluding hydrogens is 374 g/mol. The molecule has 2 heterocycles. The van der Waals surface area contributed by atoms with Gasteiger partial charge < -0.3 is 16.0 Å². The lowest BCUT2D eigenvalue weighted by Gasteiger charge is -2.05. The number of hydrogen-bond donors (Lipinski definition) is 3. The molecule has 0 saturated heterocycles. The Bertz CT molecular complexity index is 1240. The predicted octanol–water partition coefficient (Wildman–Crippen LogP) is 3.85. The summed E-state index contributed by atoms with van der Waals surface area (Å²) in [5.41, 5.74) is 9.19. The number of carbonyl (C=O) groups is 1. The Morgan fingerprint density at radius 2 is 1.93 bits per heavy atom. The fourth-order valence-corrected chi connectivity index (χ4v) is 2.83. The number of nitrogen functional groups attached to an aromatic ring is 1. The highest BCUT2D eigenvalue weighted by Crippen LogP contribution is 2.20. The van der Waals surface area contributed by atoms with Gasteiger partial charge in [0.2, 0.25) is 0 Å². The molecular formula is C21H14ClN5O. The van der Waals surface area contributed by atoms with Gasteiger partial charge in [0, 0.05) is 28.0 Å². The molecule has 0 spiro atoms. The van der Waals surface area contributed by atoms with Crippen LogP contribution in [0.1, 0.15) is 21.5 Å². The fourth-order valence-electron chi connectivity index (χ4n) is 2.70. The van der Waals surface area contributed by atoms with Gasteiger partial charge in [0.25, 0.3) is 5.91 Å². The highest BCUT2D eigenvalue weighted by molar-refractivity contribution is 6.30. The second-order valence-electron chi connectivity index (χ2n) is 5.98. The van der Waals surface area contributed by atoms with E-state index in [0.29, 0.717) is 38.7 Å². The molecule has 0 radical (unpaired) electrons. The maximum atomic E-state index is 12.3. The van der Waals surface area contributed by atoms with E-state index in [1.54, 1.807) is 42.6 Å². The number of aromatic nitrogens is 3. The van der Waals surface area contributed by atoms with Crippen molar-refractivity contribution in [2.45, 2.75) is 0 Å². The molecule has 0 aliphatic carbocycles. The second-order valence-corrected chi connectivity index (χ2v) is 6.41. The molecule has 1 amide bonds. The van der Waals surface area contributed by atoms with Gasteiger partial charge in [-0.2, -0.15) is 0 Å². The lowest BCUT2D eigenvalue weighted by molar-refractivity contribution is 0.102. The summed E-state index contributed by atoms with van der Waals surface area (Å²) < 4.78 is 0. The second kappa shape index (κ2) is 7.43. The standard InChI is InChI=1S/C21H14ClN5O/c22-16-8-6-14(7-9-16)21(28)27-17-3-1-2-13(10-17)4-5-15-11-24-20-18(15)19(23)25-12-26-20/h1-3,6-12H,(H,27,28)(H3,23,24,25,26). The van der Waals surface area contributed by atoms with Crippen LogP contribution in [0.2, 0.25) is 5.02 Å². The summed E-state index contributed by atoms with van der Waals surface area (Å²) in [5.74, 6) is 6.31. The first kappa shape index (κ1) is 17.6. The van der Waals surface area contributed by atoms with Crippen molar-refractivity contribution in [3.8, 4) is 11.8 Å². The van der Waals surface area contributed by atoms with Crippen LogP contribution in [0.25, 0.3) is 11.0 Å². The van der Waals surface area contributed by atoms with Crippen LogP contribution in [0.4, 0.5) is 11.5 Å². The van der Waals surface area contributed by atoms with Gasteiger partial charge in [-0.3, -0.25) is 4.79 Å². The van der Waals surface area contributed by atoms with Gasteiger partial charge in [-0.05, 0) is 42.5 Å². The number of nitrogens with one attached hydrogen (secondary N) is 2. The topological polar surface area (TPSA) is 96.7 Å². The number of fused-ring (bicyclic) bond motifs is 1. The average molecular weight is 388 g/mol. The summed E-state index contributed by atoms with van der Waals surface area (Å²) in [6.07, 6.45) is 3.15. The maximum absolute atomic E-state index is 12.3. The number of rotatable bonds is 2. The van der Waals surface area contributed by atoms with Crippen molar-refractivity contribution < 1.29 is 4.79 Å². The number of hydrogen-bond acceptors (Lipinski definition) is 4. The van der Waals surface area contributed by atoms with Crippen LogP contribution in [-0.4, -0.2) is 20.9 Å². The lowest BCUT2D eigenvalue weighted by atomic mass is 10.1. The Hall–Kier alpha value is -3.82. The molecule has 0 unspecified atom stereocenters. The van der Waals surface area contributed by atoms with Gasteiger partial charge >= 0.3 is 0 Å². The number of anilines is 2. The van der Waals surface area contributed by atoms with Crippen LogP contribution in [0.5, 0.6) is 0 Å². The average Bonchev–Trinajstić information content (AvgIpc) is 3.12. The number of amides is 1. The van der Waals surface area contributed by atoms with Crippen LogP contribution in [0.15, 0.2) is 61.1 Å². The molecule has 2 aromatic heterocycles. The van der Waals surface area contributed by atoms with Gasteiger partial charge in [0.15, 0.2) is 0 Å². The Balaban J connectivity index is 1.57. The van der Waals surface area contributed by atoms with Crippen molar-refractivity contribution >= 4 is 40.0 Å². The molecule has 0 saturated carbocycles. The number of nitrogens with zero attached hydrogens (tertiary/aromatic N) is 2. The summed E-state index contributed by atoms with van der Waals surface area (Å²) in [6.45, 7) is 0. The fraction of sp³-hybridized carbons (Fsp3) is 0. The Labute approximate surface area is 165 Å². The minimum Gasteiger partial charge on any atom is -0.383 e. The van der Waals surface area contributed by atoms with E-state index < -0.39 is 0 Å². The number of H-pyrrole nitrogens is 1. The molecule has 28 heavy (non-hydrogen) atoms. The number of carbonyl (C=O) groups excluding carboxylic acids is 1. The third-order valence-corrected chi connectivity index (χ3v) is 4.32. The zero-order valence-corrected chi connectivity index (χ0v) is 15.3. The molecule has 0 atom stereocenters. The summed E-state index contributed by atoms with van der Waals surface area (Å²) >= 11 is 5.86. The monoisotopic (exact) mass is 387 g/mol. The molecule has 4 N–H and O–H groups in total. The summed E-state index contributed by atoms with van der Waals surface area (Å²) in [4.78, 5) is 23.5. The van der Waals surface area contributed by atoms with E-state index in [2.05, 4.69) is 32.1 Å². The quantitative estimate of drug-likeness (QED) is 0.455. The normalized spacial score (nSPS) is 10.3. The van der Waals surface area contributed by atoms with Crippen LogP contribution in [0, 0.1) is 11.8 Å². The van der Waals surface area contributed by atoms with Crippen molar-refractivity contribution in [2.75, 3.05) is 11.1 Å². The molecule has 0 fully saturated rings. The largest absolute Gasteiger partial charge is 0.383 e. The highest BCUT2D eigenvalue weighted by Gasteiger charge is 2.07. The van der Waals surface area contributed by atoms with Gasteiger partial charge in [-0.1, -0.05) is 29.5 Å². The summed E-state index contributed by atoms with van der Waals surface area (Å²) in [7, 11) is 0. The third kappa shape index (κ3) is 3.65. The lowest BCUT2D eigenvalue weighted by Crippen LogP contribution is -2.11. The van der Waals surface area contributed by atoms with Crippen molar-refractivity contribution in [1.82, 2.24) is 15.0 Å². The van der Waals surface area contributed by atoms with Crippen LogP contribution in [0.3, 0.4) is 0 Å². The van der Waals surface area contributed by atoms with E-state index in [1.165, 1.54) is 6.33 Å². The Morgan fingerprint density at radius 1 is 1.11 bits per heavy atom. The van der Waals surface area contributed by atoms with E-state index >= 15 is 0 Å². The van der Waals surface area contributed by atoms with E-state index in [1.807, 2.05) is 12.1 Å². The van der Waals surface area contributed by atoms with E-state index in [0.717, 1.165) is 5.56 Å². The van der Waals surface area contributed by atoms with E-state index in [-0.39, 0.29) is 5.91 Å². The molecule has 0 aliphatic rings. The Kier molecular flexibility index (Phi) is 4.67. The summed E-state index contributed by atoms with van der Waals surface area (Å²) in [6, 6.07) is 14.0. The number of aromatic amines is 1. The van der Waals surface area contributed by atoms with Crippen molar-refractivity contribution in [3.05, 3.63) is 82.8 Å². The highest BCUT2D eigenvalue weighted by atomic mass is 35.5. The molecule has 4 aromatic rings. The third-order valence-electron chi connectivity index (χ3n) is 4.07. The molecule has 7 heteroatoms. The SMILES string of the molecule is Nc1ncnc2[nH]cc(C#Cc3cccc(NC(=O)c4ccc(Cl)cc4)c3)c12. The smallest absolute Gasteiger partial charge is 0.255 e. The first-order valence-corrected chi connectivity index (χ1v) is 8.74. The molecule has 6 nitrogen and oxygen atoms in total. The molecule has 0 bridgehead atoms. The number of halogens is 1.